The van der Waals surface area contributed by atoms with Crippen LogP contribution in [0.5, 0.6) is 0 Å². The van der Waals surface area contributed by atoms with Crippen LogP contribution in [0, 0.1) is 28.6 Å². The van der Waals surface area contributed by atoms with E-state index in [1.54, 1.807) is 0 Å². The zero-order valence-electron chi connectivity index (χ0n) is 14.9. The van der Waals surface area contributed by atoms with Crippen molar-refractivity contribution in [2.24, 2.45) is 28.6 Å². The molecule has 4 aliphatic rings. The summed E-state index contributed by atoms with van der Waals surface area (Å²) in [5, 5.41) is 0. The van der Waals surface area contributed by atoms with E-state index in [1.807, 2.05) is 0 Å². The molecule has 0 aromatic heterocycles. The van der Waals surface area contributed by atoms with Gasteiger partial charge in [0.15, 0.2) is 0 Å². The minimum absolute atomic E-state index is 0.169. The standard InChI is InChI=1S/C19H32O3/c1-6-9-20-16-21-15-11-19-10-14(18(15,5)22-16)17(3,4)13(19)8-7-12(19)2/h12-16H,6-11H2,1-5H3/t12-,13+,14-,15+,16?,18-,19-/m1/s1. The maximum Gasteiger partial charge on any atom is 0.272 e. The Labute approximate surface area is 135 Å². The molecule has 1 saturated heterocycles. The van der Waals surface area contributed by atoms with Crippen LogP contribution in [0.4, 0.5) is 0 Å². The molecular formula is C19H32O3. The van der Waals surface area contributed by atoms with Gasteiger partial charge in [-0.25, -0.2) is 0 Å². The average Bonchev–Trinajstić information content (AvgIpc) is 3.01. The lowest BCUT2D eigenvalue weighted by Gasteiger charge is -2.46. The van der Waals surface area contributed by atoms with Gasteiger partial charge in [0.05, 0.1) is 12.7 Å². The van der Waals surface area contributed by atoms with Gasteiger partial charge < -0.3 is 14.2 Å². The average molecular weight is 308 g/mol. The van der Waals surface area contributed by atoms with Crippen molar-refractivity contribution in [1.29, 1.82) is 0 Å². The summed E-state index contributed by atoms with van der Waals surface area (Å²) in [7, 11) is 0. The first-order chi connectivity index (χ1) is 10.3. The fourth-order valence-electron chi connectivity index (χ4n) is 6.82. The SMILES string of the molecule is CCCOC1O[C@H]2C[C@@]34C[C@H](C(C)(C)[C@@H]3CC[C@H]4C)[C@@]2(C)O1. The van der Waals surface area contributed by atoms with Gasteiger partial charge in [0.2, 0.25) is 0 Å². The highest BCUT2D eigenvalue weighted by molar-refractivity contribution is 5.20. The summed E-state index contributed by atoms with van der Waals surface area (Å²) < 4.78 is 18.4. The molecule has 0 aromatic rings. The molecule has 3 aliphatic carbocycles. The smallest absolute Gasteiger partial charge is 0.272 e. The molecule has 3 nitrogen and oxygen atoms in total. The van der Waals surface area contributed by atoms with Gasteiger partial charge in [-0.2, -0.15) is 0 Å². The first kappa shape index (κ1) is 15.4. The largest absolute Gasteiger partial charge is 0.330 e. The number of hydrogen-bond acceptors (Lipinski definition) is 3. The van der Waals surface area contributed by atoms with Crippen molar-refractivity contribution in [3.8, 4) is 0 Å². The van der Waals surface area contributed by atoms with Crippen LogP contribution in [0.3, 0.4) is 0 Å². The summed E-state index contributed by atoms with van der Waals surface area (Å²) in [4.78, 5) is 0. The molecule has 7 atom stereocenters. The van der Waals surface area contributed by atoms with E-state index in [-0.39, 0.29) is 11.7 Å². The molecule has 4 rings (SSSR count). The quantitative estimate of drug-likeness (QED) is 0.775. The molecule has 1 heterocycles. The minimum Gasteiger partial charge on any atom is -0.330 e. The topological polar surface area (TPSA) is 27.7 Å². The highest BCUT2D eigenvalue weighted by Gasteiger charge is 2.73. The monoisotopic (exact) mass is 308 g/mol. The predicted octanol–water partition coefficient (Wildman–Crippen LogP) is 4.35. The predicted molar refractivity (Wildman–Crippen MR) is 85.2 cm³/mol. The van der Waals surface area contributed by atoms with Crippen LogP contribution in [0.1, 0.15) is 66.7 Å². The lowest BCUT2D eigenvalue weighted by Crippen LogP contribution is -2.52. The van der Waals surface area contributed by atoms with Crippen molar-refractivity contribution in [1.82, 2.24) is 0 Å². The van der Waals surface area contributed by atoms with Gasteiger partial charge in [-0.15, -0.1) is 0 Å². The van der Waals surface area contributed by atoms with Gasteiger partial charge in [0.1, 0.15) is 5.60 Å². The Balaban J connectivity index is 1.66. The maximum absolute atomic E-state index is 6.37. The first-order valence-corrected chi connectivity index (χ1v) is 9.29. The summed E-state index contributed by atoms with van der Waals surface area (Å²) in [5.74, 6) is 2.25. The third-order valence-corrected chi connectivity index (χ3v) is 7.92. The molecule has 0 radical (unpaired) electrons. The van der Waals surface area contributed by atoms with Crippen molar-refractivity contribution in [3.05, 3.63) is 0 Å². The Morgan fingerprint density at radius 3 is 2.59 bits per heavy atom. The van der Waals surface area contributed by atoms with Crippen LogP contribution in [0.25, 0.3) is 0 Å². The first-order valence-electron chi connectivity index (χ1n) is 9.29. The number of ether oxygens (including phenoxy) is 3. The van der Waals surface area contributed by atoms with Crippen LogP contribution in [-0.4, -0.2) is 24.8 Å². The molecule has 2 bridgehead atoms. The zero-order valence-corrected chi connectivity index (χ0v) is 14.9. The van der Waals surface area contributed by atoms with Crippen molar-refractivity contribution in [3.63, 3.8) is 0 Å². The Morgan fingerprint density at radius 1 is 1.09 bits per heavy atom. The van der Waals surface area contributed by atoms with Crippen molar-refractivity contribution < 1.29 is 14.2 Å². The fraction of sp³-hybridized carbons (Fsp3) is 1.00. The van der Waals surface area contributed by atoms with E-state index in [0.29, 0.717) is 23.4 Å². The third-order valence-electron chi connectivity index (χ3n) is 7.92. The Hall–Kier alpha value is -0.120. The Morgan fingerprint density at radius 2 is 1.86 bits per heavy atom. The van der Waals surface area contributed by atoms with E-state index in [0.717, 1.165) is 18.3 Å². The van der Waals surface area contributed by atoms with E-state index >= 15 is 0 Å². The van der Waals surface area contributed by atoms with Gasteiger partial charge in [-0.1, -0.05) is 27.7 Å². The highest BCUT2D eigenvalue weighted by Crippen LogP contribution is 2.74. The Kier molecular flexibility index (Phi) is 3.30. The number of fused-ring (bicyclic) bond motifs is 3. The van der Waals surface area contributed by atoms with E-state index in [2.05, 4.69) is 34.6 Å². The zero-order chi connectivity index (χ0) is 15.8. The summed E-state index contributed by atoms with van der Waals surface area (Å²) in [6.07, 6.45) is 6.48. The maximum atomic E-state index is 6.37. The molecule has 4 fully saturated rings. The van der Waals surface area contributed by atoms with Crippen LogP contribution >= 0.6 is 0 Å². The third kappa shape index (κ3) is 1.74. The Bertz CT molecular complexity index is 462. The van der Waals surface area contributed by atoms with Gasteiger partial charge >= 0.3 is 0 Å². The molecule has 3 heteroatoms. The summed E-state index contributed by atoms with van der Waals surface area (Å²) >= 11 is 0. The highest BCUT2D eigenvalue weighted by atomic mass is 16.9. The lowest BCUT2D eigenvalue weighted by atomic mass is 9.63. The van der Waals surface area contributed by atoms with Crippen LogP contribution in [0.15, 0.2) is 0 Å². The molecule has 0 amide bonds. The van der Waals surface area contributed by atoms with Gasteiger partial charge in [-0.05, 0) is 67.6 Å². The van der Waals surface area contributed by atoms with Gasteiger partial charge in [-0.3, -0.25) is 0 Å². The number of hydrogen-bond donors (Lipinski definition) is 0. The van der Waals surface area contributed by atoms with Gasteiger partial charge in [0, 0.05) is 0 Å². The molecular weight excluding hydrogens is 276 g/mol. The van der Waals surface area contributed by atoms with E-state index in [4.69, 9.17) is 14.2 Å². The van der Waals surface area contributed by atoms with Crippen LogP contribution in [0.2, 0.25) is 0 Å². The van der Waals surface area contributed by atoms with E-state index < -0.39 is 6.48 Å². The minimum atomic E-state index is -0.448. The van der Waals surface area contributed by atoms with E-state index in [1.165, 1.54) is 25.7 Å². The molecule has 0 N–H and O–H groups in total. The second-order valence-corrected chi connectivity index (χ2v) is 9.13. The summed E-state index contributed by atoms with van der Waals surface area (Å²) in [6, 6.07) is 0. The lowest BCUT2D eigenvalue weighted by molar-refractivity contribution is -0.257. The summed E-state index contributed by atoms with van der Waals surface area (Å²) in [6.45, 7) is 12.1. The van der Waals surface area contributed by atoms with Crippen molar-refractivity contribution in [2.45, 2.75) is 84.9 Å². The second kappa shape index (κ2) is 4.70. The fourth-order valence-corrected chi connectivity index (χ4v) is 6.82. The van der Waals surface area contributed by atoms with Crippen LogP contribution in [-0.2, 0) is 14.2 Å². The summed E-state index contributed by atoms with van der Waals surface area (Å²) in [5.41, 5.74) is 0.663. The molecule has 0 aromatic carbocycles. The molecule has 22 heavy (non-hydrogen) atoms. The molecule has 3 saturated carbocycles. The molecule has 1 aliphatic heterocycles. The molecule has 1 unspecified atom stereocenters. The van der Waals surface area contributed by atoms with Crippen molar-refractivity contribution in [2.75, 3.05) is 6.61 Å². The second-order valence-electron chi connectivity index (χ2n) is 9.13. The molecule has 126 valence electrons. The van der Waals surface area contributed by atoms with Crippen molar-refractivity contribution >= 4 is 0 Å². The van der Waals surface area contributed by atoms with Crippen LogP contribution < -0.4 is 0 Å². The number of rotatable bonds is 3. The van der Waals surface area contributed by atoms with E-state index in [9.17, 15) is 0 Å². The normalized spacial score (nSPS) is 55.2. The van der Waals surface area contributed by atoms with Gasteiger partial charge in [0.25, 0.3) is 6.48 Å². The molecule has 1 spiro atoms.